The van der Waals surface area contributed by atoms with Gasteiger partial charge < -0.3 is 5.73 Å². The van der Waals surface area contributed by atoms with Crippen molar-refractivity contribution in [3.05, 3.63) is 35.4 Å². The van der Waals surface area contributed by atoms with E-state index in [4.69, 9.17) is 5.73 Å². The molecule has 0 saturated heterocycles. The minimum Gasteiger partial charge on any atom is -0.324 e. The van der Waals surface area contributed by atoms with Crippen LogP contribution in [0.5, 0.6) is 0 Å². The van der Waals surface area contributed by atoms with E-state index in [0.717, 1.165) is 0 Å². The van der Waals surface area contributed by atoms with Gasteiger partial charge in [-0.2, -0.15) is 0 Å². The molecular formula is C13H21N. The molecule has 1 atom stereocenters. The van der Waals surface area contributed by atoms with Crippen molar-refractivity contribution in [2.75, 3.05) is 0 Å². The predicted octanol–water partition coefficient (Wildman–Crippen LogP) is 3.44. The lowest BCUT2D eigenvalue weighted by molar-refractivity contribution is 0.716. The topological polar surface area (TPSA) is 26.0 Å². The summed E-state index contributed by atoms with van der Waals surface area (Å²) in [6.07, 6.45) is 5.12. The number of benzene rings is 1. The highest BCUT2D eigenvalue weighted by Gasteiger charge is 1.98. The van der Waals surface area contributed by atoms with E-state index in [2.05, 4.69) is 31.2 Å². The van der Waals surface area contributed by atoms with Gasteiger partial charge in [0.25, 0.3) is 0 Å². The quantitative estimate of drug-likeness (QED) is 0.709. The summed E-state index contributed by atoms with van der Waals surface area (Å²) >= 11 is 0. The second-order valence-electron chi connectivity index (χ2n) is 3.99. The van der Waals surface area contributed by atoms with E-state index >= 15 is 0 Å². The average Bonchev–Trinajstić information content (AvgIpc) is 2.19. The van der Waals surface area contributed by atoms with Crippen LogP contribution in [0.4, 0.5) is 0 Å². The van der Waals surface area contributed by atoms with Crippen molar-refractivity contribution in [1.29, 1.82) is 0 Å². The molecule has 1 unspecified atom stereocenters. The maximum Gasteiger partial charge on any atom is 0.0266 e. The fourth-order valence-electron chi connectivity index (χ4n) is 1.57. The lowest BCUT2D eigenvalue weighted by Gasteiger charge is -2.06. The fraction of sp³-hybridized carbons (Fsp3) is 0.538. The highest BCUT2D eigenvalue weighted by atomic mass is 14.6. The number of nitrogens with two attached hydrogens (primary N) is 1. The van der Waals surface area contributed by atoms with Crippen molar-refractivity contribution in [1.82, 2.24) is 0 Å². The van der Waals surface area contributed by atoms with Crippen LogP contribution in [-0.2, 0) is 6.42 Å². The zero-order valence-corrected chi connectivity index (χ0v) is 9.29. The monoisotopic (exact) mass is 191 g/mol. The molecule has 0 aromatic heterocycles. The molecule has 0 fully saturated rings. The summed E-state index contributed by atoms with van der Waals surface area (Å²) in [5.41, 5.74) is 8.44. The second-order valence-corrected chi connectivity index (χ2v) is 3.99. The van der Waals surface area contributed by atoms with Crippen molar-refractivity contribution in [2.24, 2.45) is 5.73 Å². The van der Waals surface area contributed by atoms with Gasteiger partial charge in [0.15, 0.2) is 0 Å². The van der Waals surface area contributed by atoms with Gasteiger partial charge in [-0.3, -0.25) is 0 Å². The van der Waals surface area contributed by atoms with Crippen LogP contribution < -0.4 is 5.73 Å². The van der Waals surface area contributed by atoms with Gasteiger partial charge in [-0.05, 0) is 30.9 Å². The molecule has 0 saturated carbocycles. The normalized spacial score (nSPS) is 12.8. The number of hydrogen-bond acceptors (Lipinski definition) is 1. The fourth-order valence-corrected chi connectivity index (χ4v) is 1.57. The molecule has 0 aliphatic heterocycles. The third-order valence-electron chi connectivity index (χ3n) is 2.57. The lowest BCUT2D eigenvalue weighted by atomic mass is 10.0. The molecule has 0 aliphatic carbocycles. The standard InChI is InChI=1S/C13H21N/c1-3-4-5-6-12-7-9-13(10-8-12)11(2)14/h7-11H,3-6,14H2,1-2H3. The Hall–Kier alpha value is -0.820. The third-order valence-corrected chi connectivity index (χ3v) is 2.57. The third kappa shape index (κ3) is 3.51. The Balaban J connectivity index is 2.47. The van der Waals surface area contributed by atoms with Crippen molar-refractivity contribution < 1.29 is 0 Å². The summed E-state index contributed by atoms with van der Waals surface area (Å²) in [5, 5.41) is 0. The van der Waals surface area contributed by atoms with Gasteiger partial charge in [-0.25, -0.2) is 0 Å². The maximum absolute atomic E-state index is 5.79. The van der Waals surface area contributed by atoms with Crippen LogP contribution in [0.25, 0.3) is 0 Å². The molecule has 1 aromatic carbocycles. The largest absolute Gasteiger partial charge is 0.324 e. The highest BCUT2D eigenvalue weighted by molar-refractivity contribution is 5.24. The van der Waals surface area contributed by atoms with E-state index in [1.54, 1.807) is 0 Å². The van der Waals surface area contributed by atoms with Gasteiger partial charge in [0, 0.05) is 6.04 Å². The summed E-state index contributed by atoms with van der Waals surface area (Å²) < 4.78 is 0. The second kappa shape index (κ2) is 5.82. The Labute approximate surface area is 87.3 Å². The van der Waals surface area contributed by atoms with Gasteiger partial charge in [-0.1, -0.05) is 44.0 Å². The van der Waals surface area contributed by atoms with Crippen LogP contribution in [-0.4, -0.2) is 0 Å². The van der Waals surface area contributed by atoms with E-state index in [9.17, 15) is 0 Å². The average molecular weight is 191 g/mol. The minimum absolute atomic E-state index is 0.152. The van der Waals surface area contributed by atoms with Crippen LogP contribution in [0, 0.1) is 0 Å². The first kappa shape index (κ1) is 11.3. The molecule has 0 heterocycles. The molecule has 1 nitrogen and oxygen atoms in total. The van der Waals surface area contributed by atoms with E-state index in [-0.39, 0.29) is 6.04 Å². The molecular weight excluding hydrogens is 170 g/mol. The molecule has 1 heteroatoms. The maximum atomic E-state index is 5.79. The van der Waals surface area contributed by atoms with Gasteiger partial charge in [0.05, 0.1) is 0 Å². The van der Waals surface area contributed by atoms with Crippen LogP contribution in [0.1, 0.15) is 50.3 Å². The zero-order chi connectivity index (χ0) is 10.4. The molecule has 0 bridgehead atoms. The number of aryl methyl sites for hydroxylation is 1. The van der Waals surface area contributed by atoms with E-state index < -0.39 is 0 Å². The smallest absolute Gasteiger partial charge is 0.0266 e. The van der Waals surface area contributed by atoms with Crippen molar-refractivity contribution in [3.8, 4) is 0 Å². The molecule has 2 N–H and O–H groups in total. The molecule has 78 valence electrons. The summed E-state index contributed by atoms with van der Waals surface area (Å²) in [6.45, 7) is 4.26. The molecule has 0 spiro atoms. The number of unbranched alkanes of at least 4 members (excludes halogenated alkanes) is 2. The Bertz CT molecular complexity index is 248. The lowest BCUT2D eigenvalue weighted by Crippen LogP contribution is -2.04. The highest BCUT2D eigenvalue weighted by Crippen LogP contribution is 2.12. The van der Waals surface area contributed by atoms with Gasteiger partial charge >= 0.3 is 0 Å². The molecule has 0 amide bonds. The van der Waals surface area contributed by atoms with Gasteiger partial charge in [0.1, 0.15) is 0 Å². The summed E-state index contributed by atoms with van der Waals surface area (Å²) in [4.78, 5) is 0. The summed E-state index contributed by atoms with van der Waals surface area (Å²) in [7, 11) is 0. The van der Waals surface area contributed by atoms with Crippen molar-refractivity contribution >= 4 is 0 Å². The van der Waals surface area contributed by atoms with E-state index in [1.807, 2.05) is 6.92 Å². The SMILES string of the molecule is CCCCCc1ccc(C(C)N)cc1. The number of rotatable bonds is 5. The number of hydrogen-bond donors (Lipinski definition) is 1. The first-order chi connectivity index (χ1) is 6.74. The Morgan fingerprint density at radius 2 is 1.79 bits per heavy atom. The minimum atomic E-state index is 0.152. The molecule has 1 aromatic rings. The molecule has 1 rings (SSSR count). The Morgan fingerprint density at radius 1 is 1.14 bits per heavy atom. The van der Waals surface area contributed by atoms with Crippen molar-refractivity contribution in [2.45, 2.75) is 45.6 Å². The van der Waals surface area contributed by atoms with Crippen LogP contribution in [0.3, 0.4) is 0 Å². The molecule has 0 aliphatic rings. The van der Waals surface area contributed by atoms with E-state index in [1.165, 1.54) is 36.8 Å². The zero-order valence-electron chi connectivity index (χ0n) is 9.29. The Kier molecular flexibility index (Phi) is 4.68. The molecule has 14 heavy (non-hydrogen) atoms. The van der Waals surface area contributed by atoms with Crippen LogP contribution in [0.15, 0.2) is 24.3 Å². The van der Waals surface area contributed by atoms with Crippen molar-refractivity contribution in [3.63, 3.8) is 0 Å². The summed E-state index contributed by atoms with van der Waals surface area (Å²) in [6, 6.07) is 8.85. The summed E-state index contributed by atoms with van der Waals surface area (Å²) in [5.74, 6) is 0. The van der Waals surface area contributed by atoms with Crippen LogP contribution >= 0.6 is 0 Å². The first-order valence-electron chi connectivity index (χ1n) is 5.58. The van der Waals surface area contributed by atoms with Gasteiger partial charge in [0.2, 0.25) is 0 Å². The first-order valence-corrected chi connectivity index (χ1v) is 5.58. The van der Waals surface area contributed by atoms with E-state index in [0.29, 0.717) is 0 Å². The van der Waals surface area contributed by atoms with Crippen LogP contribution in [0.2, 0.25) is 0 Å². The predicted molar refractivity (Wildman–Crippen MR) is 62.3 cm³/mol. The Morgan fingerprint density at radius 3 is 2.29 bits per heavy atom. The molecule has 0 radical (unpaired) electrons. The van der Waals surface area contributed by atoms with Gasteiger partial charge in [-0.15, -0.1) is 0 Å².